The molecule has 1 saturated heterocycles. The summed E-state index contributed by atoms with van der Waals surface area (Å²) >= 11 is 1.54. The van der Waals surface area contributed by atoms with Crippen molar-refractivity contribution in [3.63, 3.8) is 0 Å². The molecule has 0 bridgehead atoms. The molecule has 4 aromatic rings. The van der Waals surface area contributed by atoms with Gasteiger partial charge in [-0.05, 0) is 63.1 Å². The predicted octanol–water partition coefficient (Wildman–Crippen LogP) is 5.09. The quantitative estimate of drug-likeness (QED) is 0.373. The smallest absolute Gasteiger partial charge is 0.264 e. The fourth-order valence-electron chi connectivity index (χ4n) is 4.64. The number of anilines is 1. The van der Waals surface area contributed by atoms with Crippen LogP contribution in [0.5, 0.6) is 0 Å². The van der Waals surface area contributed by atoms with Gasteiger partial charge < -0.3 is 14.5 Å². The minimum Gasteiger partial charge on any atom is -0.376 e. The first-order valence-corrected chi connectivity index (χ1v) is 12.8. The Morgan fingerprint density at radius 1 is 1.17 bits per heavy atom. The monoisotopic (exact) mass is 489 g/mol. The summed E-state index contributed by atoms with van der Waals surface area (Å²) in [6.07, 6.45) is 3.85. The number of carbonyl (C=O) groups is 1. The zero-order valence-corrected chi connectivity index (χ0v) is 21.3. The summed E-state index contributed by atoms with van der Waals surface area (Å²) in [5.74, 6) is 0.911. The van der Waals surface area contributed by atoms with Crippen molar-refractivity contribution in [1.29, 1.82) is 0 Å². The number of nitrogens with zero attached hydrogens (tertiary/aromatic N) is 4. The van der Waals surface area contributed by atoms with Crippen LogP contribution in [0.2, 0.25) is 0 Å². The van der Waals surface area contributed by atoms with Gasteiger partial charge in [-0.25, -0.2) is 4.98 Å². The van der Waals surface area contributed by atoms with Crippen LogP contribution in [-0.2, 0) is 17.8 Å². The van der Waals surface area contributed by atoms with Crippen LogP contribution in [0.3, 0.4) is 0 Å². The van der Waals surface area contributed by atoms with Gasteiger partial charge in [-0.1, -0.05) is 11.6 Å². The van der Waals surface area contributed by atoms with Crippen LogP contribution < -0.4 is 4.90 Å². The summed E-state index contributed by atoms with van der Waals surface area (Å²) in [7, 11) is 2.03. The highest BCUT2D eigenvalue weighted by molar-refractivity contribution is 7.13. The number of carbonyl (C=O) groups excluding carboxylic acids is 1. The van der Waals surface area contributed by atoms with E-state index in [1.165, 1.54) is 5.56 Å². The second-order valence-corrected chi connectivity index (χ2v) is 10.6. The van der Waals surface area contributed by atoms with Crippen molar-refractivity contribution in [3.05, 3.63) is 75.2 Å². The van der Waals surface area contributed by atoms with Crippen LogP contribution in [-0.4, -0.2) is 52.3 Å². The number of aromatic amines is 1. The zero-order chi connectivity index (χ0) is 24.4. The second kappa shape index (κ2) is 10.2. The SMILES string of the molecule is Cc1ccc2nc(N(C)Cc3ccn[nH]3)c(CN(C[C@@H]3CCCO3)C(=O)c3ccc(C)s3)cc2c1. The van der Waals surface area contributed by atoms with Crippen LogP contribution in [0.4, 0.5) is 5.82 Å². The lowest BCUT2D eigenvalue weighted by atomic mass is 10.1. The molecule has 1 aromatic carbocycles. The van der Waals surface area contributed by atoms with Gasteiger partial charge in [-0.3, -0.25) is 9.89 Å². The van der Waals surface area contributed by atoms with E-state index in [-0.39, 0.29) is 12.0 Å². The number of hydrogen-bond donors (Lipinski definition) is 1. The van der Waals surface area contributed by atoms with Crippen LogP contribution >= 0.6 is 11.3 Å². The minimum atomic E-state index is 0.0464. The molecule has 1 N–H and O–H groups in total. The Morgan fingerprint density at radius 2 is 2.06 bits per heavy atom. The Bertz CT molecular complexity index is 1310. The first-order chi connectivity index (χ1) is 17.0. The summed E-state index contributed by atoms with van der Waals surface area (Å²) in [5.41, 5.74) is 4.15. The van der Waals surface area contributed by atoms with Crippen LogP contribution in [0.15, 0.2) is 48.7 Å². The molecule has 1 fully saturated rings. The fraction of sp³-hybridized carbons (Fsp3) is 0.370. The topological polar surface area (TPSA) is 74.3 Å². The standard InChI is InChI=1S/C27H31N5O2S/c1-18-6-8-24-20(13-18)14-21(26(29-24)31(3)16-22-10-11-28-30-22)15-32(17-23-5-4-12-34-23)27(33)25-9-7-19(2)35-25/h6-11,13-14,23H,4-5,12,15-17H2,1-3H3,(H,28,30)/t23-/m0/s1. The van der Waals surface area contributed by atoms with Crippen LogP contribution in [0.25, 0.3) is 10.9 Å². The average molecular weight is 490 g/mol. The maximum absolute atomic E-state index is 13.6. The highest BCUT2D eigenvalue weighted by Crippen LogP contribution is 2.28. The van der Waals surface area contributed by atoms with Crippen molar-refractivity contribution >= 4 is 34.0 Å². The van der Waals surface area contributed by atoms with E-state index in [9.17, 15) is 4.79 Å². The predicted molar refractivity (Wildman–Crippen MR) is 140 cm³/mol. The number of nitrogens with one attached hydrogen (secondary N) is 1. The third kappa shape index (κ3) is 5.39. The summed E-state index contributed by atoms with van der Waals surface area (Å²) in [4.78, 5) is 24.6. The van der Waals surface area contributed by atoms with E-state index in [0.29, 0.717) is 19.6 Å². The molecule has 1 amide bonds. The van der Waals surface area contributed by atoms with E-state index in [1.807, 2.05) is 37.1 Å². The van der Waals surface area contributed by atoms with Crippen molar-refractivity contribution in [2.75, 3.05) is 25.1 Å². The summed E-state index contributed by atoms with van der Waals surface area (Å²) in [6, 6.07) is 14.4. The molecule has 3 aromatic heterocycles. The van der Waals surface area contributed by atoms with Gasteiger partial charge in [0.25, 0.3) is 5.91 Å². The number of aryl methyl sites for hydroxylation is 2. The largest absolute Gasteiger partial charge is 0.376 e. The molecule has 0 aliphatic carbocycles. The Balaban J connectivity index is 1.52. The van der Waals surface area contributed by atoms with Crippen molar-refractivity contribution < 1.29 is 9.53 Å². The number of benzene rings is 1. The van der Waals surface area contributed by atoms with E-state index in [2.05, 4.69) is 46.3 Å². The number of thiophene rings is 1. The maximum Gasteiger partial charge on any atom is 0.264 e. The molecule has 0 spiro atoms. The minimum absolute atomic E-state index is 0.0464. The number of hydrogen-bond acceptors (Lipinski definition) is 6. The highest BCUT2D eigenvalue weighted by atomic mass is 32.1. The van der Waals surface area contributed by atoms with Crippen molar-refractivity contribution in [1.82, 2.24) is 20.1 Å². The number of H-pyrrole nitrogens is 1. The normalized spacial score (nSPS) is 15.6. The highest BCUT2D eigenvalue weighted by Gasteiger charge is 2.26. The van der Waals surface area contributed by atoms with E-state index in [4.69, 9.17) is 9.72 Å². The molecule has 182 valence electrons. The molecule has 1 atom stereocenters. The van der Waals surface area contributed by atoms with Crippen LogP contribution in [0, 0.1) is 13.8 Å². The molecular formula is C27H31N5O2S. The summed E-state index contributed by atoms with van der Waals surface area (Å²) < 4.78 is 5.92. The first kappa shape index (κ1) is 23.5. The third-order valence-electron chi connectivity index (χ3n) is 6.40. The first-order valence-electron chi connectivity index (χ1n) is 12.0. The molecule has 0 saturated carbocycles. The van der Waals surface area contributed by atoms with Crippen molar-refractivity contribution in [2.24, 2.45) is 0 Å². The lowest BCUT2D eigenvalue weighted by molar-refractivity contribution is 0.0511. The number of fused-ring (bicyclic) bond motifs is 1. The van der Waals surface area contributed by atoms with Gasteiger partial charge in [0.05, 0.1) is 28.7 Å². The number of pyridine rings is 1. The molecule has 8 heteroatoms. The van der Waals surface area contributed by atoms with E-state index >= 15 is 0 Å². The fourth-order valence-corrected chi connectivity index (χ4v) is 5.48. The van der Waals surface area contributed by atoms with E-state index in [0.717, 1.165) is 57.2 Å². The Kier molecular flexibility index (Phi) is 6.83. The molecular weight excluding hydrogens is 458 g/mol. The van der Waals surface area contributed by atoms with Gasteiger partial charge in [0.2, 0.25) is 0 Å². The molecule has 35 heavy (non-hydrogen) atoms. The number of amides is 1. The summed E-state index contributed by atoms with van der Waals surface area (Å²) in [6.45, 7) is 6.56. The molecule has 1 aliphatic rings. The zero-order valence-electron chi connectivity index (χ0n) is 20.5. The maximum atomic E-state index is 13.6. The Hall–Kier alpha value is -3.23. The van der Waals surface area contributed by atoms with Gasteiger partial charge in [0.1, 0.15) is 5.82 Å². The Labute approximate surface area is 209 Å². The lowest BCUT2D eigenvalue weighted by Gasteiger charge is -2.28. The average Bonchev–Trinajstić information content (AvgIpc) is 3.61. The number of ether oxygens (including phenoxy) is 1. The Morgan fingerprint density at radius 3 is 2.77 bits per heavy atom. The van der Waals surface area contributed by atoms with Crippen molar-refractivity contribution in [3.8, 4) is 0 Å². The molecule has 7 nitrogen and oxygen atoms in total. The second-order valence-electron chi connectivity index (χ2n) is 9.34. The molecule has 5 rings (SSSR count). The number of aromatic nitrogens is 3. The third-order valence-corrected chi connectivity index (χ3v) is 7.39. The van der Waals surface area contributed by atoms with E-state index in [1.54, 1.807) is 17.5 Å². The number of rotatable bonds is 8. The molecule has 4 heterocycles. The summed E-state index contributed by atoms with van der Waals surface area (Å²) in [5, 5.41) is 8.19. The van der Waals surface area contributed by atoms with Gasteiger partial charge in [0, 0.05) is 48.8 Å². The van der Waals surface area contributed by atoms with Gasteiger partial charge in [0.15, 0.2) is 0 Å². The van der Waals surface area contributed by atoms with Crippen molar-refractivity contribution in [2.45, 2.75) is 45.9 Å². The molecule has 0 radical (unpaired) electrons. The lowest BCUT2D eigenvalue weighted by Crippen LogP contribution is -2.37. The van der Waals surface area contributed by atoms with Gasteiger partial charge in [-0.2, -0.15) is 5.10 Å². The molecule has 1 aliphatic heterocycles. The van der Waals surface area contributed by atoms with Crippen LogP contribution in [0.1, 0.15) is 44.2 Å². The van der Waals surface area contributed by atoms with Gasteiger partial charge >= 0.3 is 0 Å². The van der Waals surface area contributed by atoms with E-state index < -0.39 is 0 Å². The molecule has 0 unspecified atom stereocenters. The van der Waals surface area contributed by atoms with Gasteiger partial charge in [-0.15, -0.1) is 11.3 Å².